The lowest BCUT2D eigenvalue weighted by Gasteiger charge is -2.35. The van der Waals surface area contributed by atoms with Crippen LogP contribution in [0.4, 0.5) is 5.69 Å². The maximum atomic E-state index is 12.6. The third kappa shape index (κ3) is 3.10. The molecule has 0 bridgehead atoms. The summed E-state index contributed by atoms with van der Waals surface area (Å²) in [7, 11) is 0. The molecule has 1 aromatic rings. The molecule has 1 saturated heterocycles. The zero-order chi connectivity index (χ0) is 13.9. The first-order valence-electron chi connectivity index (χ1n) is 6.86. The van der Waals surface area contributed by atoms with Gasteiger partial charge in [-0.3, -0.25) is 4.79 Å². The Morgan fingerprint density at radius 1 is 1.42 bits per heavy atom. The Morgan fingerprint density at radius 2 is 2.11 bits per heavy atom. The van der Waals surface area contributed by atoms with Gasteiger partial charge >= 0.3 is 0 Å². The van der Waals surface area contributed by atoms with Gasteiger partial charge in [-0.15, -0.1) is 0 Å². The molecular formula is C15H21ClN2O. The third-order valence-corrected chi connectivity index (χ3v) is 4.39. The summed E-state index contributed by atoms with van der Waals surface area (Å²) in [5.41, 5.74) is 1.64. The predicted molar refractivity (Wildman–Crippen MR) is 79.6 cm³/mol. The summed E-state index contributed by atoms with van der Waals surface area (Å²) in [5, 5.41) is 7.08. The first-order chi connectivity index (χ1) is 9.07. The number of rotatable bonds is 3. The molecule has 0 unspecified atom stereocenters. The van der Waals surface area contributed by atoms with Gasteiger partial charge in [0.2, 0.25) is 5.91 Å². The molecule has 0 aromatic heterocycles. The van der Waals surface area contributed by atoms with Crippen LogP contribution in [-0.4, -0.2) is 19.0 Å². The van der Waals surface area contributed by atoms with Crippen LogP contribution in [0.2, 0.25) is 5.02 Å². The highest BCUT2D eigenvalue weighted by Crippen LogP contribution is 2.34. The Balaban J connectivity index is 2.15. The summed E-state index contributed by atoms with van der Waals surface area (Å²) in [6, 6.07) is 5.56. The SMILES string of the molecule is CCC1(C(=O)Nc2ccc(Cl)cc2C)CCNCC1. The number of amides is 1. The first kappa shape index (κ1) is 14.4. The summed E-state index contributed by atoms with van der Waals surface area (Å²) in [5.74, 6) is 0.141. The predicted octanol–water partition coefficient (Wildman–Crippen LogP) is 3.37. The van der Waals surface area contributed by atoms with Crippen LogP contribution in [0.15, 0.2) is 18.2 Å². The Bertz CT molecular complexity index is 467. The van der Waals surface area contributed by atoms with Crippen molar-refractivity contribution in [3.05, 3.63) is 28.8 Å². The van der Waals surface area contributed by atoms with Crippen LogP contribution >= 0.6 is 11.6 Å². The molecule has 1 amide bonds. The third-order valence-electron chi connectivity index (χ3n) is 4.16. The zero-order valence-corrected chi connectivity index (χ0v) is 12.3. The maximum Gasteiger partial charge on any atom is 0.230 e. The van der Waals surface area contributed by atoms with Gasteiger partial charge < -0.3 is 10.6 Å². The van der Waals surface area contributed by atoms with Crippen molar-refractivity contribution in [3.8, 4) is 0 Å². The molecule has 1 aliphatic rings. The molecule has 0 atom stereocenters. The van der Waals surface area contributed by atoms with Gasteiger partial charge in [0.25, 0.3) is 0 Å². The minimum atomic E-state index is -0.225. The highest BCUT2D eigenvalue weighted by molar-refractivity contribution is 6.30. The van der Waals surface area contributed by atoms with E-state index in [1.54, 1.807) is 0 Å². The molecule has 0 aliphatic carbocycles. The number of hydrogen-bond acceptors (Lipinski definition) is 2. The van der Waals surface area contributed by atoms with E-state index in [2.05, 4.69) is 17.6 Å². The van der Waals surface area contributed by atoms with E-state index in [-0.39, 0.29) is 11.3 Å². The van der Waals surface area contributed by atoms with Crippen molar-refractivity contribution in [2.75, 3.05) is 18.4 Å². The minimum absolute atomic E-state index is 0.141. The van der Waals surface area contributed by atoms with Crippen LogP contribution in [-0.2, 0) is 4.79 Å². The van der Waals surface area contributed by atoms with Crippen molar-refractivity contribution in [1.29, 1.82) is 0 Å². The molecule has 1 aromatic carbocycles. The van der Waals surface area contributed by atoms with E-state index < -0.39 is 0 Å². The fourth-order valence-electron chi connectivity index (χ4n) is 2.67. The fraction of sp³-hybridized carbons (Fsp3) is 0.533. The molecule has 0 spiro atoms. The van der Waals surface area contributed by atoms with Crippen LogP contribution in [0.5, 0.6) is 0 Å². The van der Waals surface area contributed by atoms with E-state index in [0.717, 1.165) is 43.6 Å². The van der Waals surface area contributed by atoms with Crippen LogP contribution in [0.1, 0.15) is 31.7 Å². The molecule has 0 saturated carbocycles. The van der Waals surface area contributed by atoms with Crippen LogP contribution in [0, 0.1) is 12.3 Å². The molecule has 104 valence electrons. The zero-order valence-electron chi connectivity index (χ0n) is 11.6. The van der Waals surface area contributed by atoms with Crippen molar-refractivity contribution in [2.45, 2.75) is 33.1 Å². The van der Waals surface area contributed by atoms with E-state index in [1.807, 2.05) is 25.1 Å². The van der Waals surface area contributed by atoms with Gasteiger partial charge in [0.1, 0.15) is 0 Å². The number of anilines is 1. The van der Waals surface area contributed by atoms with Gasteiger partial charge in [0.05, 0.1) is 5.41 Å². The van der Waals surface area contributed by atoms with Crippen molar-refractivity contribution in [3.63, 3.8) is 0 Å². The number of nitrogens with one attached hydrogen (secondary N) is 2. The molecule has 2 N–H and O–H groups in total. The fourth-order valence-corrected chi connectivity index (χ4v) is 2.90. The number of carbonyl (C=O) groups excluding carboxylic acids is 1. The van der Waals surface area contributed by atoms with Crippen molar-refractivity contribution < 1.29 is 4.79 Å². The van der Waals surface area contributed by atoms with E-state index >= 15 is 0 Å². The maximum absolute atomic E-state index is 12.6. The lowest BCUT2D eigenvalue weighted by molar-refractivity contribution is -0.127. The van der Waals surface area contributed by atoms with Crippen molar-refractivity contribution in [1.82, 2.24) is 5.32 Å². The standard InChI is InChI=1S/C15H21ClN2O/c1-3-15(6-8-17-9-7-15)14(19)18-13-5-4-12(16)10-11(13)2/h4-5,10,17H,3,6-9H2,1-2H3,(H,18,19). The highest BCUT2D eigenvalue weighted by atomic mass is 35.5. The summed E-state index contributed by atoms with van der Waals surface area (Å²) < 4.78 is 0. The summed E-state index contributed by atoms with van der Waals surface area (Å²) in [6.07, 6.45) is 2.69. The molecule has 19 heavy (non-hydrogen) atoms. The average molecular weight is 281 g/mol. The number of aryl methyl sites for hydroxylation is 1. The minimum Gasteiger partial charge on any atom is -0.325 e. The van der Waals surface area contributed by atoms with E-state index in [4.69, 9.17) is 11.6 Å². The average Bonchev–Trinajstić information content (AvgIpc) is 2.42. The van der Waals surface area contributed by atoms with E-state index in [9.17, 15) is 4.79 Å². The number of benzene rings is 1. The van der Waals surface area contributed by atoms with Gasteiger partial charge in [0.15, 0.2) is 0 Å². The summed E-state index contributed by atoms with van der Waals surface area (Å²) >= 11 is 5.94. The Labute approximate surface area is 119 Å². The van der Waals surface area contributed by atoms with Gasteiger partial charge in [-0.2, -0.15) is 0 Å². The second-order valence-electron chi connectivity index (χ2n) is 5.30. The Kier molecular flexibility index (Phi) is 4.48. The molecule has 1 heterocycles. The number of halogens is 1. The molecular weight excluding hydrogens is 260 g/mol. The van der Waals surface area contributed by atoms with E-state index in [1.165, 1.54) is 0 Å². The monoisotopic (exact) mass is 280 g/mol. The molecule has 4 heteroatoms. The lowest BCUT2D eigenvalue weighted by atomic mass is 9.76. The molecule has 1 aliphatic heterocycles. The van der Waals surface area contributed by atoms with Crippen molar-refractivity contribution >= 4 is 23.2 Å². The van der Waals surface area contributed by atoms with Crippen molar-refractivity contribution in [2.24, 2.45) is 5.41 Å². The molecule has 1 fully saturated rings. The Hall–Kier alpha value is -1.06. The smallest absolute Gasteiger partial charge is 0.230 e. The lowest BCUT2D eigenvalue weighted by Crippen LogP contribution is -2.44. The number of hydrogen-bond donors (Lipinski definition) is 2. The van der Waals surface area contributed by atoms with Crippen LogP contribution < -0.4 is 10.6 Å². The van der Waals surface area contributed by atoms with Crippen LogP contribution in [0.25, 0.3) is 0 Å². The molecule has 2 rings (SSSR count). The van der Waals surface area contributed by atoms with E-state index in [0.29, 0.717) is 5.02 Å². The topological polar surface area (TPSA) is 41.1 Å². The van der Waals surface area contributed by atoms with Gasteiger partial charge in [-0.05, 0) is 63.0 Å². The largest absolute Gasteiger partial charge is 0.325 e. The van der Waals surface area contributed by atoms with Crippen LogP contribution in [0.3, 0.4) is 0 Å². The quantitative estimate of drug-likeness (QED) is 0.891. The normalized spacial score (nSPS) is 18.1. The summed E-state index contributed by atoms with van der Waals surface area (Å²) in [4.78, 5) is 12.6. The van der Waals surface area contributed by atoms with Gasteiger partial charge in [0, 0.05) is 10.7 Å². The summed E-state index contributed by atoms with van der Waals surface area (Å²) in [6.45, 7) is 5.89. The number of piperidine rings is 1. The second-order valence-corrected chi connectivity index (χ2v) is 5.73. The second kappa shape index (κ2) is 5.93. The highest BCUT2D eigenvalue weighted by Gasteiger charge is 2.37. The van der Waals surface area contributed by atoms with Gasteiger partial charge in [-0.25, -0.2) is 0 Å². The molecule has 3 nitrogen and oxygen atoms in total. The van der Waals surface area contributed by atoms with Gasteiger partial charge in [-0.1, -0.05) is 18.5 Å². The molecule has 0 radical (unpaired) electrons. The first-order valence-corrected chi connectivity index (χ1v) is 7.23. The number of carbonyl (C=O) groups is 1. The Morgan fingerprint density at radius 3 is 2.68 bits per heavy atom.